The zero-order valence-corrected chi connectivity index (χ0v) is 35.4. The second kappa shape index (κ2) is 21.7. The van der Waals surface area contributed by atoms with Crippen molar-refractivity contribution >= 4 is 75.1 Å². The fourth-order valence-corrected chi connectivity index (χ4v) is 8.87. The molecule has 1 aliphatic heterocycles. The molecular weight excluding hydrogens is 891 g/mol. The van der Waals surface area contributed by atoms with Gasteiger partial charge in [-0.2, -0.15) is 4.31 Å². The van der Waals surface area contributed by atoms with Crippen molar-refractivity contribution in [3.8, 4) is 0 Å². The summed E-state index contributed by atoms with van der Waals surface area (Å²) in [5.74, 6) is -4.38. The van der Waals surface area contributed by atoms with Gasteiger partial charge in [0.15, 0.2) is 28.9 Å². The number of rotatable bonds is 24. The van der Waals surface area contributed by atoms with Crippen LogP contribution >= 0.6 is 35.2 Å². The zero-order valence-electron chi connectivity index (χ0n) is 31.9. The van der Waals surface area contributed by atoms with Gasteiger partial charge >= 0.3 is 29.4 Å². The van der Waals surface area contributed by atoms with Crippen molar-refractivity contribution in [1.29, 1.82) is 0 Å². The molecule has 31 heteroatoms. The molecule has 0 bridgehead atoms. The molecule has 3 heterocycles. The molecule has 1 aliphatic rings. The lowest BCUT2D eigenvalue weighted by atomic mass is 9.87. The third kappa shape index (κ3) is 15.0. The molecule has 338 valence electrons. The second-order valence-electron chi connectivity index (χ2n) is 13.4. The molecule has 0 aromatic carbocycles. The van der Waals surface area contributed by atoms with E-state index in [2.05, 4.69) is 34.4 Å². The van der Waals surface area contributed by atoms with Gasteiger partial charge in [0, 0.05) is 30.7 Å². The molecule has 0 saturated carbocycles. The zero-order chi connectivity index (χ0) is 45.2. The maximum atomic E-state index is 12.7. The topological polar surface area (TPSA) is 421 Å². The average molecular weight is 938 g/mol. The maximum Gasteiger partial charge on any atom is 0.481 e. The largest absolute Gasteiger partial charge is 0.481 e. The minimum Gasteiger partial charge on any atom is -0.479 e. The SMILES string of the molecule is CC=CCC(C(=O)SCCNC(=O)CCNC(=O)[C@H](O)C(C)(C)COP(=O)(O)OP(=O)(O)OC[C@H]1O[C@@H](n2cnc3c(N)ncnc32)[C@H](O)[C@@H]1OP(=O)(O)O)C(O)C(=O)O. The molecule has 9 atom stereocenters. The second-order valence-corrected chi connectivity index (χ2v) is 18.8. The maximum absolute atomic E-state index is 12.7. The molecule has 2 aromatic rings. The lowest BCUT2D eigenvalue weighted by Crippen LogP contribution is -2.46. The number of carboxylic acids is 1. The number of nitrogens with zero attached hydrogens (tertiary/aromatic N) is 4. The Morgan fingerprint density at radius 1 is 1.05 bits per heavy atom. The summed E-state index contributed by atoms with van der Waals surface area (Å²) in [6, 6.07) is 0. The number of nitrogens with two attached hydrogens (primary N) is 1. The standard InChI is InChI=1S/C29H46N7O20P3S/c1-4-5-6-15(19(38)27(42)43)28(44)60-10-9-31-17(37)7-8-32-25(41)22(40)29(2,3)12-53-59(50,51)56-58(48,49)52-11-16-21(55-57(45,46)47)20(39)26(54-16)36-14-35-18-23(30)33-13-34-24(18)36/h4-5,13-16,19-22,26,38-40H,6-12H2,1-3H3,(H,31,37)(H,32,41)(H,42,43)(H,48,49)(H,50,51)(H2,30,33,34)(H2,45,46,47)/t15?,16-,19?,20-,21-,22+,26-/m1/s1. The number of ether oxygens (including phenoxy) is 1. The van der Waals surface area contributed by atoms with Crippen LogP contribution in [0.2, 0.25) is 0 Å². The number of carbonyl (C=O) groups is 4. The first-order valence-electron chi connectivity index (χ1n) is 17.4. The average Bonchev–Trinajstić information content (AvgIpc) is 3.71. The highest BCUT2D eigenvalue weighted by Crippen LogP contribution is 2.61. The molecule has 27 nitrogen and oxygen atoms in total. The highest BCUT2D eigenvalue weighted by Gasteiger charge is 2.50. The first-order valence-corrected chi connectivity index (χ1v) is 22.9. The van der Waals surface area contributed by atoms with E-state index in [0.29, 0.717) is 0 Å². The Kier molecular flexibility index (Phi) is 18.5. The molecule has 12 N–H and O–H groups in total. The lowest BCUT2D eigenvalue weighted by Gasteiger charge is -2.30. The van der Waals surface area contributed by atoms with Crippen LogP contribution in [0.5, 0.6) is 0 Å². The minimum absolute atomic E-state index is 0.000224. The van der Waals surface area contributed by atoms with Crippen LogP contribution in [0.1, 0.15) is 39.8 Å². The number of aromatic nitrogens is 4. The van der Waals surface area contributed by atoms with Crippen LogP contribution in [0.3, 0.4) is 0 Å². The van der Waals surface area contributed by atoms with Crippen molar-refractivity contribution in [3.63, 3.8) is 0 Å². The number of phosphoric ester groups is 3. The van der Waals surface area contributed by atoms with E-state index >= 15 is 0 Å². The number of fused-ring (bicyclic) bond motifs is 1. The van der Waals surface area contributed by atoms with Gasteiger partial charge in [-0.15, -0.1) is 0 Å². The minimum atomic E-state index is -5.61. The fourth-order valence-electron chi connectivity index (χ4n) is 5.20. The Morgan fingerprint density at radius 2 is 1.72 bits per heavy atom. The van der Waals surface area contributed by atoms with E-state index in [1.807, 2.05) is 0 Å². The van der Waals surface area contributed by atoms with E-state index in [4.69, 9.17) is 24.6 Å². The van der Waals surface area contributed by atoms with E-state index < -0.39 is 108 Å². The van der Waals surface area contributed by atoms with E-state index in [1.54, 1.807) is 13.0 Å². The molecule has 0 radical (unpaired) electrons. The molecular formula is C29H46N7O20P3S. The van der Waals surface area contributed by atoms with Gasteiger partial charge < -0.3 is 61.1 Å². The molecule has 2 aromatic heterocycles. The molecule has 0 aliphatic carbocycles. The third-order valence-electron chi connectivity index (χ3n) is 8.31. The number of hydrogen-bond acceptors (Lipinski definition) is 20. The molecule has 0 spiro atoms. The number of aliphatic hydroxyl groups excluding tert-OH is 3. The number of aliphatic carboxylic acids is 1. The molecule has 1 fully saturated rings. The monoisotopic (exact) mass is 937 g/mol. The van der Waals surface area contributed by atoms with Gasteiger partial charge in [-0.05, 0) is 13.3 Å². The van der Waals surface area contributed by atoms with Crippen LogP contribution in [0.4, 0.5) is 5.82 Å². The number of amides is 2. The van der Waals surface area contributed by atoms with Gasteiger partial charge in [0.1, 0.15) is 36.3 Å². The Morgan fingerprint density at radius 3 is 2.35 bits per heavy atom. The van der Waals surface area contributed by atoms with Crippen molar-refractivity contribution in [3.05, 3.63) is 24.8 Å². The summed E-state index contributed by atoms with van der Waals surface area (Å²) in [5, 5.41) is 44.5. The Hall–Kier alpha value is -3.27. The summed E-state index contributed by atoms with van der Waals surface area (Å²) in [5.41, 5.74) is 4.16. The van der Waals surface area contributed by atoms with Gasteiger partial charge in [-0.3, -0.25) is 32.5 Å². The number of nitrogen functional groups attached to an aromatic ring is 1. The van der Waals surface area contributed by atoms with Crippen molar-refractivity contribution in [2.24, 2.45) is 11.3 Å². The number of anilines is 1. The molecule has 3 rings (SSSR count). The van der Waals surface area contributed by atoms with Crippen LogP contribution in [-0.2, 0) is 55.5 Å². The van der Waals surface area contributed by atoms with Gasteiger partial charge in [-0.1, -0.05) is 37.8 Å². The molecule has 2 amide bonds. The summed E-state index contributed by atoms with van der Waals surface area (Å²) in [6.45, 7) is 1.67. The number of thioether (sulfide) groups is 1. The van der Waals surface area contributed by atoms with Gasteiger partial charge in [0.05, 0.1) is 25.5 Å². The van der Waals surface area contributed by atoms with Crippen molar-refractivity contribution in [2.75, 3.05) is 37.8 Å². The van der Waals surface area contributed by atoms with Crippen LogP contribution < -0.4 is 16.4 Å². The molecule has 1 saturated heterocycles. The van der Waals surface area contributed by atoms with E-state index in [0.717, 1.165) is 29.0 Å². The highest BCUT2D eigenvalue weighted by atomic mass is 32.2. The van der Waals surface area contributed by atoms with Gasteiger partial charge in [-0.25, -0.2) is 33.4 Å². The molecule has 4 unspecified atom stereocenters. The van der Waals surface area contributed by atoms with Crippen molar-refractivity contribution < 1.29 is 95.5 Å². The van der Waals surface area contributed by atoms with Crippen molar-refractivity contribution in [2.45, 2.75) is 70.4 Å². The lowest BCUT2D eigenvalue weighted by molar-refractivity contribution is -0.151. The first-order chi connectivity index (χ1) is 27.8. The number of carbonyl (C=O) groups excluding carboxylic acids is 3. The summed E-state index contributed by atoms with van der Waals surface area (Å²) in [6.07, 6.45) is -5.99. The van der Waals surface area contributed by atoms with Gasteiger partial charge in [0.2, 0.25) is 11.8 Å². The first kappa shape index (κ1) is 51.1. The fraction of sp³-hybridized carbons (Fsp3) is 0.621. The van der Waals surface area contributed by atoms with Crippen LogP contribution in [0, 0.1) is 11.3 Å². The predicted octanol–water partition coefficient (Wildman–Crippen LogP) is -1.31. The van der Waals surface area contributed by atoms with Crippen LogP contribution in [0.15, 0.2) is 24.8 Å². The van der Waals surface area contributed by atoms with E-state index in [-0.39, 0.29) is 48.7 Å². The summed E-state index contributed by atoms with van der Waals surface area (Å²) < 4.78 is 62.1. The van der Waals surface area contributed by atoms with Gasteiger partial charge in [0.25, 0.3) is 0 Å². The predicted molar refractivity (Wildman–Crippen MR) is 204 cm³/mol. The number of phosphoric acid groups is 3. The van der Waals surface area contributed by atoms with Crippen LogP contribution in [0.25, 0.3) is 11.2 Å². The quantitative estimate of drug-likeness (QED) is 0.0331. The smallest absolute Gasteiger partial charge is 0.479 e. The Labute approximate surface area is 344 Å². The molecule has 60 heavy (non-hydrogen) atoms. The van der Waals surface area contributed by atoms with Crippen molar-refractivity contribution in [1.82, 2.24) is 30.2 Å². The normalized spacial score (nSPS) is 22.2. The number of allylic oxidation sites excluding steroid dienone is 2. The third-order valence-corrected chi connectivity index (χ3v) is 12.4. The number of carboxylic acid groups (broad SMARTS) is 1. The highest BCUT2D eigenvalue weighted by molar-refractivity contribution is 8.13. The van der Waals surface area contributed by atoms with Crippen LogP contribution in [-0.4, -0.2) is 145 Å². The number of aliphatic hydroxyl groups is 3. The number of hydrogen-bond donors (Lipinski definition) is 11. The summed E-state index contributed by atoms with van der Waals surface area (Å²) in [7, 11) is -16.5. The Bertz CT molecular complexity index is 2020. The summed E-state index contributed by atoms with van der Waals surface area (Å²) in [4.78, 5) is 99.3. The number of imidazole rings is 1. The number of nitrogens with one attached hydrogen (secondary N) is 2. The van der Waals surface area contributed by atoms with E-state index in [1.165, 1.54) is 19.9 Å². The summed E-state index contributed by atoms with van der Waals surface area (Å²) >= 11 is 0.717. The Balaban J connectivity index is 1.47. The van der Waals surface area contributed by atoms with E-state index in [9.17, 15) is 67.8 Å².